The Labute approximate surface area is 157 Å². The summed E-state index contributed by atoms with van der Waals surface area (Å²) in [7, 11) is 1.72. The Hall–Kier alpha value is -1.77. The summed E-state index contributed by atoms with van der Waals surface area (Å²) in [6, 6.07) is 4.56. The molecule has 0 radical (unpaired) electrons. The molecule has 8 heteroatoms. The Morgan fingerprint density at radius 3 is 2.81 bits per heavy atom. The Balaban J connectivity index is 1.51. The van der Waals surface area contributed by atoms with Crippen molar-refractivity contribution in [2.24, 2.45) is 0 Å². The number of hydrogen-bond donors (Lipinski definition) is 0. The molecule has 1 saturated heterocycles. The van der Waals surface area contributed by atoms with E-state index in [0.717, 1.165) is 24.5 Å². The molecule has 0 bridgehead atoms. The summed E-state index contributed by atoms with van der Waals surface area (Å²) in [6.45, 7) is 7.43. The second-order valence-electron chi connectivity index (χ2n) is 6.72. The average Bonchev–Trinajstić information content (AvgIpc) is 3.30. The molecule has 0 N–H and O–H groups in total. The fourth-order valence-electron chi connectivity index (χ4n) is 3.43. The monoisotopic (exact) mass is 378 g/mol. The first-order valence-corrected chi connectivity index (χ1v) is 9.85. The van der Waals surface area contributed by atoms with Gasteiger partial charge in [0.05, 0.1) is 11.5 Å². The zero-order valence-electron chi connectivity index (χ0n) is 15.6. The van der Waals surface area contributed by atoms with Crippen LogP contribution in [0.25, 0.3) is 10.7 Å². The van der Waals surface area contributed by atoms with Crippen molar-refractivity contribution in [3.63, 3.8) is 0 Å². The molecule has 0 saturated carbocycles. The van der Waals surface area contributed by atoms with Crippen LogP contribution in [0.2, 0.25) is 0 Å². The molecule has 142 valence electrons. The van der Waals surface area contributed by atoms with Gasteiger partial charge in [-0.05, 0) is 25.3 Å². The minimum Gasteiger partial charge on any atom is -0.383 e. The van der Waals surface area contributed by atoms with E-state index in [1.807, 2.05) is 22.4 Å². The first-order valence-electron chi connectivity index (χ1n) is 8.97. The molecular formula is C18H26N4O3S. The van der Waals surface area contributed by atoms with Crippen molar-refractivity contribution in [1.29, 1.82) is 0 Å². The summed E-state index contributed by atoms with van der Waals surface area (Å²) in [6.07, 6.45) is 0.868. The number of ether oxygens (including phenoxy) is 1. The van der Waals surface area contributed by atoms with E-state index < -0.39 is 0 Å². The van der Waals surface area contributed by atoms with E-state index in [1.165, 1.54) is 0 Å². The molecule has 2 aromatic rings. The molecule has 2 aromatic heterocycles. The highest BCUT2D eigenvalue weighted by atomic mass is 32.1. The Morgan fingerprint density at radius 1 is 1.38 bits per heavy atom. The van der Waals surface area contributed by atoms with Crippen molar-refractivity contribution in [3.8, 4) is 10.7 Å². The normalized spacial score (nSPS) is 21.3. The molecule has 0 unspecified atom stereocenters. The first kappa shape index (κ1) is 19.0. The number of methoxy groups -OCH3 is 1. The lowest BCUT2D eigenvalue weighted by Crippen LogP contribution is -2.58. The third-order valence-corrected chi connectivity index (χ3v) is 5.64. The molecule has 1 aliphatic heterocycles. The fourth-order valence-corrected chi connectivity index (χ4v) is 4.08. The molecule has 1 amide bonds. The van der Waals surface area contributed by atoms with Crippen LogP contribution in [0.1, 0.15) is 26.2 Å². The average molecular weight is 378 g/mol. The van der Waals surface area contributed by atoms with Gasteiger partial charge in [-0.25, -0.2) is 0 Å². The topological polar surface area (TPSA) is 71.7 Å². The van der Waals surface area contributed by atoms with Crippen LogP contribution in [-0.4, -0.2) is 71.3 Å². The number of hydrogen-bond acceptors (Lipinski definition) is 7. The standard InChI is InChI=1S/C18H26N4O3S/c1-13-11-21(12-14(2)22(13)8-9-24-3)17(23)7-6-16-19-18(20-25-16)15-5-4-10-26-15/h4-5,10,13-14H,6-9,11-12H2,1-3H3/t13-,14-/m1/s1. The predicted molar refractivity (Wildman–Crippen MR) is 100 cm³/mol. The summed E-state index contributed by atoms with van der Waals surface area (Å²) in [5.41, 5.74) is 0. The summed E-state index contributed by atoms with van der Waals surface area (Å²) in [4.78, 5) is 22.3. The van der Waals surface area contributed by atoms with Crippen molar-refractivity contribution in [3.05, 3.63) is 23.4 Å². The quantitative estimate of drug-likeness (QED) is 0.736. The van der Waals surface area contributed by atoms with Crippen LogP contribution in [0.5, 0.6) is 0 Å². The van der Waals surface area contributed by atoms with Gasteiger partial charge in [-0.15, -0.1) is 11.3 Å². The summed E-state index contributed by atoms with van der Waals surface area (Å²) in [5.74, 6) is 1.25. The van der Waals surface area contributed by atoms with Gasteiger partial charge in [0, 0.05) is 51.7 Å². The molecule has 0 spiro atoms. The SMILES string of the molecule is COCCN1[C@H](C)CN(C(=O)CCc2nc(-c3cccs3)no2)C[C@H]1C. The van der Waals surface area contributed by atoms with Gasteiger partial charge >= 0.3 is 0 Å². The van der Waals surface area contributed by atoms with E-state index in [0.29, 0.717) is 43.2 Å². The van der Waals surface area contributed by atoms with Crippen molar-refractivity contribution in [1.82, 2.24) is 19.9 Å². The number of carbonyl (C=O) groups is 1. The van der Waals surface area contributed by atoms with Crippen LogP contribution in [0.3, 0.4) is 0 Å². The second kappa shape index (κ2) is 8.75. The molecule has 0 aliphatic carbocycles. The second-order valence-corrected chi connectivity index (χ2v) is 7.66. The summed E-state index contributed by atoms with van der Waals surface area (Å²) < 4.78 is 10.5. The van der Waals surface area contributed by atoms with Gasteiger partial charge in [-0.3, -0.25) is 9.69 Å². The highest BCUT2D eigenvalue weighted by Crippen LogP contribution is 2.22. The lowest BCUT2D eigenvalue weighted by atomic mass is 10.1. The van der Waals surface area contributed by atoms with Crippen LogP contribution in [0.15, 0.2) is 22.0 Å². The smallest absolute Gasteiger partial charge is 0.227 e. The molecule has 26 heavy (non-hydrogen) atoms. The number of aryl methyl sites for hydroxylation is 1. The maximum absolute atomic E-state index is 12.6. The van der Waals surface area contributed by atoms with Crippen LogP contribution in [-0.2, 0) is 16.0 Å². The lowest BCUT2D eigenvalue weighted by Gasteiger charge is -2.44. The number of rotatable bonds is 7. The van der Waals surface area contributed by atoms with E-state index >= 15 is 0 Å². The number of thiophene rings is 1. The maximum atomic E-state index is 12.6. The minimum atomic E-state index is 0.144. The maximum Gasteiger partial charge on any atom is 0.227 e. The summed E-state index contributed by atoms with van der Waals surface area (Å²) in [5, 5.41) is 5.97. The van der Waals surface area contributed by atoms with Gasteiger partial charge in [0.25, 0.3) is 0 Å². The zero-order valence-corrected chi connectivity index (χ0v) is 16.4. The molecule has 3 rings (SSSR count). The highest BCUT2D eigenvalue weighted by molar-refractivity contribution is 7.13. The number of aromatic nitrogens is 2. The van der Waals surface area contributed by atoms with Crippen molar-refractivity contribution >= 4 is 17.2 Å². The number of nitrogens with zero attached hydrogens (tertiary/aromatic N) is 4. The van der Waals surface area contributed by atoms with Gasteiger partial charge in [0.2, 0.25) is 17.6 Å². The molecule has 3 heterocycles. The molecule has 2 atom stereocenters. The van der Waals surface area contributed by atoms with Crippen molar-refractivity contribution in [2.45, 2.75) is 38.8 Å². The van der Waals surface area contributed by atoms with Gasteiger partial charge in [0.15, 0.2) is 0 Å². The van der Waals surface area contributed by atoms with Crippen LogP contribution in [0.4, 0.5) is 0 Å². The first-order chi connectivity index (χ1) is 12.6. The molecule has 1 fully saturated rings. The predicted octanol–water partition coefficient (Wildman–Crippen LogP) is 2.30. The molecule has 0 aromatic carbocycles. The molecule has 7 nitrogen and oxygen atoms in total. The van der Waals surface area contributed by atoms with E-state index in [1.54, 1.807) is 18.4 Å². The third kappa shape index (κ3) is 4.49. The fraction of sp³-hybridized carbons (Fsp3) is 0.611. The van der Waals surface area contributed by atoms with Crippen molar-refractivity contribution in [2.75, 3.05) is 33.4 Å². The summed E-state index contributed by atoms with van der Waals surface area (Å²) >= 11 is 1.57. The van der Waals surface area contributed by atoms with E-state index in [9.17, 15) is 4.79 Å². The Bertz CT molecular complexity index is 691. The Kier molecular flexibility index (Phi) is 6.39. The van der Waals surface area contributed by atoms with Crippen LogP contribution < -0.4 is 0 Å². The largest absolute Gasteiger partial charge is 0.383 e. The molecular weight excluding hydrogens is 352 g/mol. The number of carbonyl (C=O) groups excluding carboxylic acids is 1. The number of piperazine rings is 1. The zero-order chi connectivity index (χ0) is 18.5. The Morgan fingerprint density at radius 2 is 2.15 bits per heavy atom. The molecule has 1 aliphatic rings. The van der Waals surface area contributed by atoms with Crippen LogP contribution >= 0.6 is 11.3 Å². The van der Waals surface area contributed by atoms with Crippen LogP contribution in [0, 0.1) is 0 Å². The van der Waals surface area contributed by atoms with Gasteiger partial charge in [-0.1, -0.05) is 11.2 Å². The van der Waals surface area contributed by atoms with E-state index in [2.05, 4.69) is 28.9 Å². The van der Waals surface area contributed by atoms with Gasteiger partial charge in [0.1, 0.15) is 0 Å². The highest BCUT2D eigenvalue weighted by Gasteiger charge is 2.31. The van der Waals surface area contributed by atoms with Crippen molar-refractivity contribution < 1.29 is 14.1 Å². The third-order valence-electron chi connectivity index (χ3n) is 4.77. The number of amides is 1. The van der Waals surface area contributed by atoms with Gasteiger partial charge in [-0.2, -0.15) is 4.98 Å². The van der Waals surface area contributed by atoms with Gasteiger partial charge < -0.3 is 14.2 Å². The minimum absolute atomic E-state index is 0.144. The van der Waals surface area contributed by atoms with E-state index in [-0.39, 0.29) is 5.91 Å². The lowest BCUT2D eigenvalue weighted by molar-refractivity contribution is -0.135. The van der Waals surface area contributed by atoms with E-state index in [4.69, 9.17) is 9.26 Å².